The van der Waals surface area contributed by atoms with Crippen molar-refractivity contribution in [1.82, 2.24) is 4.98 Å². The number of allylic oxidation sites excluding steroid dienone is 2. The minimum Gasteiger partial charge on any atom is -0.511 e. The molecule has 9 heteroatoms. The zero-order chi connectivity index (χ0) is 25.1. The standard InChI is InChI=1S/C26H22N2O7/c27-25(34)21-18(30)11-15-9-14-10-16-13(2-1-12-5-7-28-8-6-12)3-4-17(29)20(16)22(31)19(14)23(32)26(15,35)24(21)33/h1-8,14-15,29-30,32,35H,9-11H2,(H2,27,34)/b2-1+/t14?,15-,26-/m0/s1. The molecule has 3 aliphatic rings. The first kappa shape index (κ1) is 22.5. The number of aromatic nitrogens is 1. The minimum atomic E-state index is -2.57. The maximum Gasteiger partial charge on any atom is 0.255 e. The van der Waals surface area contributed by atoms with E-state index in [4.69, 9.17) is 5.73 Å². The lowest BCUT2D eigenvalue weighted by molar-refractivity contribution is -0.144. The summed E-state index contributed by atoms with van der Waals surface area (Å²) in [5, 5.41) is 43.1. The maximum absolute atomic E-state index is 13.5. The van der Waals surface area contributed by atoms with Crippen LogP contribution in [-0.2, 0) is 16.0 Å². The lowest BCUT2D eigenvalue weighted by atomic mass is 9.60. The second-order valence-corrected chi connectivity index (χ2v) is 9.05. The van der Waals surface area contributed by atoms with Crippen LogP contribution in [0.4, 0.5) is 0 Å². The molecule has 3 atom stereocenters. The second-order valence-electron chi connectivity index (χ2n) is 9.05. The van der Waals surface area contributed by atoms with Crippen LogP contribution in [-0.4, -0.2) is 48.5 Å². The van der Waals surface area contributed by atoms with Crippen LogP contribution in [0.1, 0.15) is 39.9 Å². The van der Waals surface area contributed by atoms with Crippen molar-refractivity contribution in [2.24, 2.45) is 17.6 Å². The van der Waals surface area contributed by atoms with Crippen LogP contribution in [0.15, 0.2) is 59.3 Å². The number of phenolic OH excluding ortho intramolecular Hbond substituents is 1. The fourth-order valence-electron chi connectivity index (χ4n) is 5.46. The number of phenols is 1. The highest BCUT2D eigenvalue weighted by atomic mass is 16.3. The molecule has 0 fully saturated rings. The van der Waals surface area contributed by atoms with Crippen molar-refractivity contribution in [3.63, 3.8) is 0 Å². The summed E-state index contributed by atoms with van der Waals surface area (Å²) >= 11 is 0. The highest BCUT2D eigenvalue weighted by Gasteiger charge is 2.59. The number of aliphatic hydroxyl groups excluding tert-OH is 2. The first-order valence-corrected chi connectivity index (χ1v) is 11.0. The number of Topliss-reactive ketones (excluding diaryl/α,β-unsaturated/α-hetero) is 2. The van der Waals surface area contributed by atoms with E-state index in [0.717, 1.165) is 5.56 Å². The van der Waals surface area contributed by atoms with E-state index in [1.165, 1.54) is 6.07 Å². The van der Waals surface area contributed by atoms with E-state index < -0.39 is 52.0 Å². The monoisotopic (exact) mass is 474 g/mol. The number of fused-ring (bicyclic) bond motifs is 3. The highest BCUT2D eigenvalue weighted by molar-refractivity contribution is 6.24. The molecule has 5 rings (SSSR count). The molecule has 0 aliphatic heterocycles. The van der Waals surface area contributed by atoms with Crippen molar-refractivity contribution in [2.75, 3.05) is 0 Å². The van der Waals surface area contributed by atoms with Gasteiger partial charge in [-0.3, -0.25) is 19.4 Å². The summed E-state index contributed by atoms with van der Waals surface area (Å²) in [5.41, 5.74) is 3.82. The molecular formula is C26H22N2O7. The molecule has 35 heavy (non-hydrogen) atoms. The molecule has 0 bridgehead atoms. The lowest BCUT2D eigenvalue weighted by Crippen LogP contribution is -2.57. The number of primary amides is 1. The number of rotatable bonds is 3. The van der Waals surface area contributed by atoms with Crippen molar-refractivity contribution in [3.05, 3.63) is 81.6 Å². The Balaban J connectivity index is 1.62. The third-order valence-electron chi connectivity index (χ3n) is 7.14. The number of nitrogens with two attached hydrogens (primary N) is 1. The number of aliphatic hydroxyl groups is 3. The molecule has 6 N–H and O–H groups in total. The average molecular weight is 474 g/mol. The van der Waals surface area contributed by atoms with Crippen molar-refractivity contribution in [3.8, 4) is 5.75 Å². The van der Waals surface area contributed by atoms with E-state index in [0.29, 0.717) is 11.1 Å². The summed E-state index contributed by atoms with van der Waals surface area (Å²) in [6.07, 6.45) is 7.03. The predicted molar refractivity (Wildman–Crippen MR) is 124 cm³/mol. The molecule has 0 saturated heterocycles. The number of hydrogen-bond acceptors (Lipinski definition) is 8. The fourth-order valence-corrected chi connectivity index (χ4v) is 5.46. The van der Waals surface area contributed by atoms with Crippen LogP contribution in [0.5, 0.6) is 5.75 Å². The molecule has 9 nitrogen and oxygen atoms in total. The van der Waals surface area contributed by atoms with Crippen LogP contribution >= 0.6 is 0 Å². The molecule has 1 amide bonds. The van der Waals surface area contributed by atoms with Crippen molar-refractivity contribution < 1.29 is 34.8 Å². The van der Waals surface area contributed by atoms with Gasteiger partial charge in [0.1, 0.15) is 22.8 Å². The fraction of sp³-hybridized carbons (Fsp3) is 0.231. The van der Waals surface area contributed by atoms with Gasteiger partial charge in [0.2, 0.25) is 5.78 Å². The van der Waals surface area contributed by atoms with Crippen molar-refractivity contribution >= 4 is 29.6 Å². The smallest absolute Gasteiger partial charge is 0.255 e. The SMILES string of the molecule is NC(=O)C1=C(O)C[C@@H]2CC3Cc4c(/C=C/c5ccncc5)ccc(O)c4C(=O)C3=C(O)[C@]2(O)C1=O. The Kier molecular flexibility index (Phi) is 5.10. The largest absolute Gasteiger partial charge is 0.511 e. The molecule has 0 radical (unpaired) electrons. The summed E-state index contributed by atoms with van der Waals surface area (Å²) in [6.45, 7) is 0. The third-order valence-corrected chi connectivity index (χ3v) is 7.14. The molecule has 1 heterocycles. The van der Waals surface area contributed by atoms with Crippen LogP contribution < -0.4 is 5.73 Å². The van der Waals surface area contributed by atoms with Gasteiger partial charge in [0.25, 0.3) is 5.91 Å². The number of carbonyl (C=O) groups excluding carboxylic acids is 3. The van der Waals surface area contributed by atoms with Gasteiger partial charge in [-0.1, -0.05) is 18.2 Å². The molecular weight excluding hydrogens is 452 g/mol. The third kappa shape index (κ3) is 3.27. The molecule has 178 valence electrons. The van der Waals surface area contributed by atoms with Crippen LogP contribution in [0.25, 0.3) is 12.2 Å². The zero-order valence-corrected chi connectivity index (χ0v) is 18.4. The van der Waals surface area contributed by atoms with E-state index in [1.807, 2.05) is 24.3 Å². The van der Waals surface area contributed by atoms with Crippen LogP contribution in [0.2, 0.25) is 0 Å². The Morgan fingerprint density at radius 2 is 1.77 bits per heavy atom. The number of aromatic hydroxyl groups is 1. The second kappa shape index (κ2) is 7.92. The number of nitrogens with zero attached hydrogens (tertiary/aromatic N) is 1. The summed E-state index contributed by atoms with van der Waals surface area (Å²) in [5.74, 6) is -6.41. The van der Waals surface area contributed by atoms with E-state index in [2.05, 4.69) is 4.98 Å². The molecule has 0 spiro atoms. The van der Waals surface area contributed by atoms with Gasteiger partial charge >= 0.3 is 0 Å². The van der Waals surface area contributed by atoms with Crippen LogP contribution in [0, 0.1) is 11.8 Å². The first-order chi connectivity index (χ1) is 16.6. The topological polar surface area (TPSA) is 171 Å². The van der Waals surface area contributed by atoms with E-state index >= 15 is 0 Å². The quantitative estimate of drug-likeness (QED) is 0.421. The first-order valence-electron chi connectivity index (χ1n) is 11.0. The number of amides is 1. The molecule has 1 aromatic heterocycles. The van der Waals surface area contributed by atoms with E-state index in [-0.39, 0.29) is 36.1 Å². The van der Waals surface area contributed by atoms with Gasteiger partial charge in [0.05, 0.1) is 5.56 Å². The predicted octanol–water partition coefficient (Wildman–Crippen LogP) is 2.15. The Labute approximate surface area is 199 Å². The lowest BCUT2D eigenvalue weighted by Gasteiger charge is -2.45. The van der Waals surface area contributed by atoms with Gasteiger partial charge < -0.3 is 26.2 Å². The summed E-state index contributed by atoms with van der Waals surface area (Å²) < 4.78 is 0. The van der Waals surface area contributed by atoms with Crippen molar-refractivity contribution in [2.45, 2.75) is 24.9 Å². The van der Waals surface area contributed by atoms with Gasteiger partial charge in [0, 0.05) is 30.3 Å². The summed E-state index contributed by atoms with van der Waals surface area (Å²) in [6, 6.07) is 6.69. The molecule has 1 aromatic carbocycles. The summed E-state index contributed by atoms with van der Waals surface area (Å²) in [4.78, 5) is 42.2. The Morgan fingerprint density at radius 3 is 2.46 bits per heavy atom. The normalized spacial score (nSPS) is 26.0. The van der Waals surface area contributed by atoms with Gasteiger partial charge in [-0.2, -0.15) is 0 Å². The van der Waals surface area contributed by atoms with Crippen molar-refractivity contribution in [1.29, 1.82) is 0 Å². The molecule has 0 saturated carbocycles. The Hall–Kier alpha value is -4.24. The minimum absolute atomic E-state index is 0.0153. The summed E-state index contributed by atoms with van der Waals surface area (Å²) in [7, 11) is 0. The number of pyridine rings is 1. The van der Waals surface area contributed by atoms with Crippen LogP contribution in [0.3, 0.4) is 0 Å². The zero-order valence-electron chi connectivity index (χ0n) is 18.4. The Bertz CT molecular complexity index is 1390. The molecule has 2 aromatic rings. The molecule has 3 aliphatic carbocycles. The number of carbonyl (C=O) groups is 3. The van der Waals surface area contributed by atoms with E-state index in [1.54, 1.807) is 18.5 Å². The average Bonchev–Trinajstić information content (AvgIpc) is 2.81. The number of ketones is 2. The Morgan fingerprint density at radius 1 is 1.06 bits per heavy atom. The van der Waals surface area contributed by atoms with Gasteiger partial charge in [-0.25, -0.2) is 0 Å². The number of hydrogen-bond donors (Lipinski definition) is 5. The number of benzene rings is 1. The highest BCUT2D eigenvalue weighted by Crippen LogP contribution is 2.51. The molecule has 1 unspecified atom stereocenters. The van der Waals surface area contributed by atoms with Gasteiger partial charge in [-0.05, 0) is 53.6 Å². The maximum atomic E-state index is 13.5. The van der Waals surface area contributed by atoms with E-state index in [9.17, 15) is 34.8 Å². The van der Waals surface area contributed by atoms with Gasteiger partial charge in [0.15, 0.2) is 11.4 Å². The van der Waals surface area contributed by atoms with Gasteiger partial charge in [-0.15, -0.1) is 0 Å².